The number of aryl methyl sites for hydroxylation is 1. The first-order valence-electron chi connectivity index (χ1n) is 7.67. The van der Waals surface area contributed by atoms with Crippen molar-refractivity contribution < 1.29 is 0 Å². The summed E-state index contributed by atoms with van der Waals surface area (Å²) in [5.41, 5.74) is 8.35. The fraction of sp³-hybridized carbons (Fsp3) is 0.474. The van der Waals surface area contributed by atoms with E-state index in [1.54, 1.807) is 0 Å². The smallest absolute Gasteiger partial charge is 0.0379 e. The van der Waals surface area contributed by atoms with Crippen molar-refractivity contribution in [2.24, 2.45) is 11.7 Å². The lowest BCUT2D eigenvalue weighted by Gasteiger charge is -2.06. The summed E-state index contributed by atoms with van der Waals surface area (Å²) in [5.74, 6) is 0.723. The summed E-state index contributed by atoms with van der Waals surface area (Å²) in [6.07, 6.45) is 6.21. The van der Waals surface area contributed by atoms with Crippen molar-refractivity contribution in [3.05, 3.63) is 54.3 Å². The summed E-state index contributed by atoms with van der Waals surface area (Å²) in [7, 11) is 1.50. The van der Waals surface area contributed by atoms with Gasteiger partial charge in [-0.3, -0.25) is 0 Å². The molecule has 0 radical (unpaired) electrons. The zero-order valence-electron chi connectivity index (χ0n) is 14.7. The van der Waals surface area contributed by atoms with Gasteiger partial charge in [0.25, 0.3) is 0 Å². The molecule has 2 nitrogen and oxygen atoms in total. The monoisotopic (exact) mass is 290 g/mol. The molecule has 120 valence electrons. The normalized spacial score (nSPS) is 10.0. The van der Waals surface area contributed by atoms with Crippen LogP contribution in [-0.4, -0.2) is 7.05 Å². The molecule has 0 saturated heterocycles. The standard InChI is InChI=1S/C14H21N.C4H8.CH5N/c1-11(2)9-13(4)10-15-14-7-5-12(3)6-8-14;1-3-4-2;1-2/h5-8,10-11,15H,9H2,1-4H3;3H,1,4H2,2H3;2H2,1H3/b13-10+;;. The molecule has 2 heteroatoms. The Morgan fingerprint density at radius 2 is 1.71 bits per heavy atom. The maximum atomic E-state index is 4.50. The van der Waals surface area contributed by atoms with E-state index in [4.69, 9.17) is 0 Å². The third kappa shape index (κ3) is 14.7. The van der Waals surface area contributed by atoms with Gasteiger partial charge in [0.05, 0.1) is 0 Å². The number of benzene rings is 1. The van der Waals surface area contributed by atoms with Gasteiger partial charge in [0, 0.05) is 5.69 Å². The average Bonchev–Trinajstić information content (AvgIpc) is 2.48. The summed E-state index contributed by atoms with van der Waals surface area (Å²) in [6, 6.07) is 8.45. The summed E-state index contributed by atoms with van der Waals surface area (Å²) in [6.45, 7) is 14.3. The Morgan fingerprint density at radius 3 is 2.10 bits per heavy atom. The van der Waals surface area contributed by atoms with Gasteiger partial charge in [-0.2, -0.15) is 0 Å². The van der Waals surface area contributed by atoms with Crippen LogP contribution in [0.3, 0.4) is 0 Å². The Labute approximate surface area is 132 Å². The van der Waals surface area contributed by atoms with E-state index in [9.17, 15) is 0 Å². The van der Waals surface area contributed by atoms with Crippen molar-refractivity contribution in [2.45, 2.75) is 47.5 Å². The third-order valence-corrected chi connectivity index (χ3v) is 2.56. The SMILES string of the molecule is C/C(=C\Nc1ccc(C)cc1)CC(C)C.C=CCC.CN. The summed E-state index contributed by atoms with van der Waals surface area (Å²) >= 11 is 0. The van der Waals surface area contributed by atoms with Crippen LogP contribution < -0.4 is 11.1 Å². The molecule has 0 amide bonds. The molecule has 0 fully saturated rings. The minimum Gasteiger partial charge on any atom is -0.362 e. The van der Waals surface area contributed by atoms with Gasteiger partial charge in [0.15, 0.2) is 0 Å². The van der Waals surface area contributed by atoms with Gasteiger partial charge in [-0.25, -0.2) is 0 Å². The molecule has 1 aromatic carbocycles. The van der Waals surface area contributed by atoms with Gasteiger partial charge in [-0.1, -0.05) is 50.1 Å². The van der Waals surface area contributed by atoms with Crippen LogP contribution in [0.2, 0.25) is 0 Å². The van der Waals surface area contributed by atoms with Gasteiger partial charge in [0.2, 0.25) is 0 Å². The van der Waals surface area contributed by atoms with Gasteiger partial charge in [-0.05, 0) is 58.0 Å². The van der Waals surface area contributed by atoms with Gasteiger partial charge < -0.3 is 11.1 Å². The van der Waals surface area contributed by atoms with E-state index in [1.165, 1.54) is 18.2 Å². The molecule has 0 heterocycles. The van der Waals surface area contributed by atoms with E-state index in [2.05, 4.69) is 82.7 Å². The maximum absolute atomic E-state index is 4.50. The lowest BCUT2D eigenvalue weighted by molar-refractivity contribution is 0.642. The van der Waals surface area contributed by atoms with Crippen LogP contribution in [0, 0.1) is 12.8 Å². The molecule has 21 heavy (non-hydrogen) atoms. The van der Waals surface area contributed by atoms with Crippen LogP contribution in [0.5, 0.6) is 0 Å². The van der Waals surface area contributed by atoms with Crippen LogP contribution in [-0.2, 0) is 0 Å². The lowest BCUT2D eigenvalue weighted by Crippen LogP contribution is -1.93. The van der Waals surface area contributed by atoms with Crippen LogP contribution in [0.15, 0.2) is 48.7 Å². The van der Waals surface area contributed by atoms with E-state index in [0.717, 1.165) is 24.4 Å². The number of nitrogens with two attached hydrogens (primary N) is 1. The Kier molecular flexibility index (Phi) is 15.4. The molecule has 0 saturated carbocycles. The number of hydrogen-bond acceptors (Lipinski definition) is 2. The van der Waals surface area contributed by atoms with Gasteiger partial charge in [-0.15, -0.1) is 6.58 Å². The molecule has 0 unspecified atom stereocenters. The second-order valence-electron chi connectivity index (χ2n) is 5.30. The largest absolute Gasteiger partial charge is 0.362 e. The first kappa shape index (κ1) is 21.8. The molecule has 3 N–H and O–H groups in total. The highest BCUT2D eigenvalue weighted by Crippen LogP contribution is 2.12. The topological polar surface area (TPSA) is 38.0 Å². The summed E-state index contributed by atoms with van der Waals surface area (Å²) in [5, 5.41) is 3.31. The number of hydrogen-bond donors (Lipinski definition) is 2. The van der Waals surface area contributed by atoms with Crippen molar-refractivity contribution in [1.82, 2.24) is 0 Å². The lowest BCUT2D eigenvalue weighted by atomic mass is 10.1. The predicted octanol–water partition coefficient (Wildman–Crippen LogP) is 5.51. The molecule has 0 bridgehead atoms. The Bertz CT molecular complexity index is 375. The molecule has 0 atom stereocenters. The van der Waals surface area contributed by atoms with E-state index < -0.39 is 0 Å². The molecular weight excluding hydrogens is 256 g/mol. The van der Waals surface area contributed by atoms with Crippen molar-refractivity contribution in [3.8, 4) is 0 Å². The Morgan fingerprint density at radius 1 is 1.24 bits per heavy atom. The fourth-order valence-electron chi connectivity index (χ4n) is 1.56. The molecule has 0 aliphatic rings. The third-order valence-electron chi connectivity index (χ3n) is 2.56. The highest BCUT2D eigenvalue weighted by atomic mass is 14.8. The van der Waals surface area contributed by atoms with E-state index in [0.29, 0.717) is 0 Å². The zero-order valence-corrected chi connectivity index (χ0v) is 14.7. The van der Waals surface area contributed by atoms with Gasteiger partial charge >= 0.3 is 0 Å². The van der Waals surface area contributed by atoms with Crippen LogP contribution >= 0.6 is 0 Å². The quantitative estimate of drug-likeness (QED) is 0.701. The van der Waals surface area contributed by atoms with Crippen LogP contribution in [0.1, 0.15) is 46.1 Å². The molecule has 0 aliphatic heterocycles. The van der Waals surface area contributed by atoms with Crippen molar-refractivity contribution >= 4 is 5.69 Å². The molecule has 0 aromatic heterocycles. The van der Waals surface area contributed by atoms with E-state index in [-0.39, 0.29) is 0 Å². The van der Waals surface area contributed by atoms with Crippen LogP contribution in [0.25, 0.3) is 0 Å². The fourth-order valence-corrected chi connectivity index (χ4v) is 1.56. The molecule has 0 aliphatic carbocycles. The second-order valence-corrected chi connectivity index (χ2v) is 5.30. The molecule has 1 aromatic rings. The highest BCUT2D eigenvalue weighted by molar-refractivity contribution is 5.46. The summed E-state index contributed by atoms with van der Waals surface area (Å²) in [4.78, 5) is 0. The van der Waals surface area contributed by atoms with Gasteiger partial charge in [0.1, 0.15) is 0 Å². The van der Waals surface area contributed by atoms with E-state index >= 15 is 0 Å². The maximum Gasteiger partial charge on any atom is 0.0379 e. The second kappa shape index (κ2) is 14.9. The number of allylic oxidation sites excluding steroid dienone is 2. The number of nitrogens with one attached hydrogen (secondary N) is 1. The average molecular weight is 290 g/mol. The summed E-state index contributed by atoms with van der Waals surface area (Å²) < 4.78 is 0. The number of rotatable bonds is 5. The van der Waals surface area contributed by atoms with Crippen LogP contribution in [0.4, 0.5) is 5.69 Å². The highest BCUT2D eigenvalue weighted by Gasteiger charge is 1.95. The van der Waals surface area contributed by atoms with Crippen molar-refractivity contribution in [2.75, 3.05) is 12.4 Å². The molecule has 1 rings (SSSR count). The molecule has 0 spiro atoms. The minimum absolute atomic E-state index is 0.723. The predicted molar refractivity (Wildman–Crippen MR) is 98.6 cm³/mol. The minimum atomic E-state index is 0.723. The first-order chi connectivity index (χ1) is 9.99. The Balaban J connectivity index is 0. The molecular formula is C19H34N2. The van der Waals surface area contributed by atoms with E-state index in [1.807, 2.05) is 6.08 Å². The number of anilines is 1. The first-order valence-corrected chi connectivity index (χ1v) is 7.67. The zero-order chi connectivity index (χ0) is 16.7. The van der Waals surface area contributed by atoms with Crippen molar-refractivity contribution in [3.63, 3.8) is 0 Å². The Hall–Kier alpha value is -1.54. The van der Waals surface area contributed by atoms with Crippen molar-refractivity contribution in [1.29, 1.82) is 0 Å².